The van der Waals surface area contributed by atoms with Crippen molar-refractivity contribution in [3.63, 3.8) is 0 Å². The quantitative estimate of drug-likeness (QED) is 0.768. The van der Waals surface area contributed by atoms with E-state index in [1.54, 1.807) is 31.6 Å². The summed E-state index contributed by atoms with van der Waals surface area (Å²) in [5, 5.41) is 0. The lowest BCUT2D eigenvalue weighted by Gasteiger charge is -2.35. The normalized spacial score (nSPS) is 15.3. The Balaban J connectivity index is 1.64. The van der Waals surface area contributed by atoms with Gasteiger partial charge in [-0.15, -0.1) is 0 Å². The number of aromatic nitrogens is 3. The summed E-state index contributed by atoms with van der Waals surface area (Å²) in [4.78, 5) is 29.1. The van der Waals surface area contributed by atoms with Crippen LogP contribution in [-0.4, -0.2) is 58.6 Å². The standard InChI is InChI=1S/C17H21N5O2/c1-2-24-17(23)15-4-3-5-20-16(15)22-8-6-21(7-9-22)12-14-10-18-13-19-11-14/h3-5,10-11,13H,2,6-9,12H2,1H3. The number of esters is 1. The van der Waals surface area contributed by atoms with Gasteiger partial charge in [0.15, 0.2) is 0 Å². The smallest absolute Gasteiger partial charge is 0.341 e. The maximum atomic E-state index is 12.1. The molecule has 1 aliphatic rings. The fourth-order valence-corrected chi connectivity index (χ4v) is 2.80. The van der Waals surface area contributed by atoms with Gasteiger partial charge in [-0.3, -0.25) is 4.90 Å². The van der Waals surface area contributed by atoms with E-state index in [-0.39, 0.29) is 5.97 Å². The van der Waals surface area contributed by atoms with Crippen molar-refractivity contribution in [2.45, 2.75) is 13.5 Å². The zero-order valence-corrected chi connectivity index (χ0v) is 13.8. The SMILES string of the molecule is CCOC(=O)c1cccnc1N1CCN(Cc2cncnc2)CC1. The third-order valence-electron chi connectivity index (χ3n) is 3.97. The first-order chi connectivity index (χ1) is 11.8. The van der Waals surface area contributed by atoms with E-state index >= 15 is 0 Å². The Morgan fingerprint density at radius 1 is 1.21 bits per heavy atom. The second kappa shape index (κ2) is 7.83. The van der Waals surface area contributed by atoms with Gasteiger partial charge in [0, 0.05) is 56.9 Å². The maximum Gasteiger partial charge on any atom is 0.341 e. The third-order valence-corrected chi connectivity index (χ3v) is 3.97. The number of anilines is 1. The topological polar surface area (TPSA) is 71.5 Å². The Labute approximate surface area is 141 Å². The molecule has 2 aromatic rings. The fourth-order valence-electron chi connectivity index (χ4n) is 2.80. The Bertz CT molecular complexity index is 672. The highest BCUT2D eigenvalue weighted by atomic mass is 16.5. The Hall–Kier alpha value is -2.54. The molecule has 126 valence electrons. The van der Waals surface area contributed by atoms with Gasteiger partial charge in [0.25, 0.3) is 0 Å². The van der Waals surface area contributed by atoms with Gasteiger partial charge in [-0.25, -0.2) is 19.7 Å². The number of nitrogens with zero attached hydrogens (tertiary/aromatic N) is 5. The number of piperazine rings is 1. The molecule has 1 fully saturated rings. The molecule has 3 rings (SSSR count). The molecule has 0 aliphatic carbocycles. The van der Waals surface area contributed by atoms with Crippen molar-refractivity contribution in [2.24, 2.45) is 0 Å². The molecule has 0 amide bonds. The highest BCUT2D eigenvalue weighted by molar-refractivity contribution is 5.94. The lowest BCUT2D eigenvalue weighted by molar-refractivity contribution is 0.0526. The molecule has 0 aromatic carbocycles. The third kappa shape index (κ3) is 3.86. The van der Waals surface area contributed by atoms with Crippen LogP contribution in [0.4, 0.5) is 5.82 Å². The highest BCUT2D eigenvalue weighted by Gasteiger charge is 2.23. The minimum absolute atomic E-state index is 0.315. The average molecular weight is 327 g/mol. The van der Waals surface area contributed by atoms with Crippen molar-refractivity contribution in [3.05, 3.63) is 48.2 Å². The van der Waals surface area contributed by atoms with Crippen molar-refractivity contribution in [1.29, 1.82) is 0 Å². The highest BCUT2D eigenvalue weighted by Crippen LogP contribution is 2.20. The summed E-state index contributed by atoms with van der Waals surface area (Å²) >= 11 is 0. The lowest BCUT2D eigenvalue weighted by atomic mass is 10.2. The minimum atomic E-state index is -0.315. The first-order valence-electron chi connectivity index (χ1n) is 8.11. The summed E-state index contributed by atoms with van der Waals surface area (Å²) < 4.78 is 5.13. The molecule has 1 saturated heterocycles. The number of rotatable bonds is 5. The Kier molecular flexibility index (Phi) is 5.32. The molecule has 0 radical (unpaired) electrons. The summed E-state index contributed by atoms with van der Waals surface area (Å²) in [6.07, 6.45) is 6.94. The van der Waals surface area contributed by atoms with Crippen LogP contribution in [0.25, 0.3) is 0 Å². The van der Waals surface area contributed by atoms with E-state index in [2.05, 4.69) is 24.8 Å². The van der Waals surface area contributed by atoms with Gasteiger partial charge in [0.1, 0.15) is 17.7 Å². The summed E-state index contributed by atoms with van der Waals surface area (Å²) in [6, 6.07) is 3.54. The fraction of sp³-hybridized carbons (Fsp3) is 0.412. The van der Waals surface area contributed by atoms with Gasteiger partial charge in [-0.05, 0) is 19.1 Å². The number of hydrogen-bond donors (Lipinski definition) is 0. The molecular formula is C17H21N5O2. The van der Waals surface area contributed by atoms with Gasteiger partial charge < -0.3 is 9.64 Å². The zero-order valence-electron chi connectivity index (χ0n) is 13.8. The summed E-state index contributed by atoms with van der Waals surface area (Å²) in [6.45, 7) is 6.43. The summed E-state index contributed by atoms with van der Waals surface area (Å²) in [7, 11) is 0. The van der Waals surface area contributed by atoms with E-state index in [0.29, 0.717) is 18.0 Å². The van der Waals surface area contributed by atoms with Gasteiger partial charge >= 0.3 is 5.97 Å². The molecule has 1 aliphatic heterocycles. The molecule has 3 heterocycles. The van der Waals surface area contributed by atoms with Crippen LogP contribution in [0, 0.1) is 0 Å². The van der Waals surface area contributed by atoms with Crippen LogP contribution in [0.15, 0.2) is 37.1 Å². The minimum Gasteiger partial charge on any atom is -0.462 e. The van der Waals surface area contributed by atoms with E-state index < -0.39 is 0 Å². The number of hydrogen-bond acceptors (Lipinski definition) is 7. The van der Waals surface area contributed by atoms with Crippen LogP contribution >= 0.6 is 0 Å². The van der Waals surface area contributed by atoms with Crippen LogP contribution in [0.1, 0.15) is 22.8 Å². The van der Waals surface area contributed by atoms with Crippen molar-refractivity contribution in [1.82, 2.24) is 19.9 Å². The number of carbonyl (C=O) groups excluding carboxylic acids is 1. The molecule has 24 heavy (non-hydrogen) atoms. The van der Waals surface area contributed by atoms with E-state index in [0.717, 1.165) is 38.3 Å². The van der Waals surface area contributed by atoms with Gasteiger partial charge in [-0.1, -0.05) is 0 Å². The molecule has 0 saturated carbocycles. The molecule has 2 aromatic heterocycles. The van der Waals surface area contributed by atoms with Crippen molar-refractivity contribution in [3.8, 4) is 0 Å². The molecule has 0 unspecified atom stereocenters. The molecular weight excluding hydrogens is 306 g/mol. The van der Waals surface area contributed by atoms with Gasteiger partial charge in [0.2, 0.25) is 0 Å². The zero-order chi connectivity index (χ0) is 16.8. The summed E-state index contributed by atoms with van der Waals surface area (Å²) in [5.41, 5.74) is 1.64. The molecule has 0 bridgehead atoms. The van der Waals surface area contributed by atoms with Gasteiger partial charge in [0.05, 0.1) is 6.61 Å². The largest absolute Gasteiger partial charge is 0.462 e. The van der Waals surface area contributed by atoms with Crippen LogP contribution in [-0.2, 0) is 11.3 Å². The number of carbonyl (C=O) groups is 1. The summed E-state index contributed by atoms with van der Waals surface area (Å²) in [5.74, 6) is 0.392. The molecule has 0 atom stereocenters. The van der Waals surface area contributed by atoms with Crippen molar-refractivity contribution < 1.29 is 9.53 Å². The van der Waals surface area contributed by atoms with Crippen LogP contribution in [0.3, 0.4) is 0 Å². The molecule has 7 heteroatoms. The number of ether oxygens (including phenoxy) is 1. The first-order valence-corrected chi connectivity index (χ1v) is 8.11. The van der Waals surface area contributed by atoms with E-state index in [1.165, 1.54) is 0 Å². The monoisotopic (exact) mass is 327 g/mol. The second-order valence-corrected chi connectivity index (χ2v) is 5.60. The Morgan fingerprint density at radius 3 is 2.67 bits per heavy atom. The van der Waals surface area contributed by atoms with Crippen LogP contribution in [0.5, 0.6) is 0 Å². The van der Waals surface area contributed by atoms with E-state index in [4.69, 9.17) is 4.74 Å². The van der Waals surface area contributed by atoms with Gasteiger partial charge in [-0.2, -0.15) is 0 Å². The lowest BCUT2D eigenvalue weighted by Crippen LogP contribution is -2.46. The molecule has 0 spiro atoms. The Morgan fingerprint density at radius 2 is 1.96 bits per heavy atom. The molecule has 0 N–H and O–H groups in total. The van der Waals surface area contributed by atoms with Crippen LogP contribution < -0.4 is 4.90 Å². The van der Waals surface area contributed by atoms with Crippen molar-refractivity contribution in [2.75, 3.05) is 37.7 Å². The predicted molar refractivity (Wildman–Crippen MR) is 89.7 cm³/mol. The van der Waals surface area contributed by atoms with E-state index in [1.807, 2.05) is 12.4 Å². The number of pyridine rings is 1. The second-order valence-electron chi connectivity index (χ2n) is 5.60. The maximum absolute atomic E-state index is 12.1. The van der Waals surface area contributed by atoms with Crippen molar-refractivity contribution >= 4 is 11.8 Å². The average Bonchev–Trinajstić information content (AvgIpc) is 2.63. The first kappa shape index (κ1) is 16.3. The molecule has 7 nitrogen and oxygen atoms in total. The van der Waals surface area contributed by atoms with Crippen LogP contribution in [0.2, 0.25) is 0 Å². The predicted octanol–water partition coefficient (Wildman–Crippen LogP) is 1.37. The van der Waals surface area contributed by atoms with E-state index in [9.17, 15) is 4.79 Å².